The summed E-state index contributed by atoms with van der Waals surface area (Å²) in [6.45, 7) is 0. The lowest BCUT2D eigenvalue weighted by molar-refractivity contribution is -0.391. The molecule has 0 aliphatic carbocycles. The van der Waals surface area contributed by atoms with Crippen LogP contribution in [0.5, 0.6) is 0 Å². The van der Waals surface area contributed by atoms with Crippen molar-refractivity contribution in [2.75, 3.05) is 5.73 Å². The van der Waals surface area contributed by atoms with Crippen molar-refractivity contribution in [3.05, 3.63) is 22.6 Å². The molecule has 0 saturated heterocycles. The minimum absolute atomic E-state index is 0.130. The summed E-state index contributed by atoms with van der Waals surface area (Å²) in [6, 6.07) is 0. The Bertz CT molecular complexity index is 1050. The Morgan fingerprint density at radius 3 is 2.36 bits per heavy atom. The van der Waals surface area contributed by atoms with E-state index in [1.54, 1.807) is 14.1 Å². The molecule has 0 atom stereocenters. The van der Waals surface area contributed by atoms with Crippen LogP contribution in [0.1, 0.15) is 0 Å². The van der Waals surface area contributed by atoms with Crippen LogP contribution in [0.3, 0.4) is 0 Å². The van der Waals surface area contributed by atoms with Gasteiger partial charge in [-0.2, -0.15) is 13.5 Å². The second-order valence-electron chi connectivity index (χ2n) is 4.63. The molecule has 0 aliphatic heterocycles. The Morgan fingerprint density at radius 1 is 1.24 bits per heavy atom. The lowest BCUT2D eigenvalue weighted by Crippen LogP contribution is -2.00. The zero-order valence-electron chi connectivity index (χ0n) is 12.8. The fraction of sp³-hybridized carbons (Fsp3) is 0.200. The van der Waals surface area contributed by atoms with E-state index in [0.717, 1.165) is 0 Å². The smallest absolute Gasteiger partial charge is 0.383 e. The van der Waals surface area contributed by atoms with Gasteiger partial charge in [-0.1, -0.05) is 0 Å². The molecule has 134 valence electrons. The van der Waals surface area contributed by atoms with E-state index < -0.39 is 15.3 Å². The molecule has 4 N–H and O–H groups in total. The Morgan fingerprint density at radius 2 is 1.84 bits per heavy atom. The molecule has 0 amide bonds. The predicted octanol–water partition coefficient (Wildman–Crippen LogP) is -0.399. The standard InChI is InChI=1S/C10H10N8O2.H2O4S/c1-16-5(18(19)20)3-12-10(16)7-6-8(11)13-4-14-9(6)17(2)15-7;1-5(2,3)4/h3-4H,1-2H3,(H2,11,13,14);(H2,1,2,3,4). The van der Waals surface area contributed by atoms with Crippen LogP contribution in [0.15, 0.2) is 12.5 Å². The predicted molar refractivity (Wildman–Crippen MR) is 83.8 cm³/mol. The Labute approximate surface area is 139 Å². The van der Waals surface area contributed by atoms with E-state index in [4.69, 9.17) is 23.3 Å². The van der Waals surface area contributed by atoms with Gasteiger partial charge in [0.15, 0.2) is 11.3 Å². The summed E-state index contributed by atoms with van der Waals surface area (Å²) in [4.78, 5) is 22.4. The fourth-order valence-corrected chi connectivity index (χ4v) is 2.06. The number of nitrogens with two attached hydrogens (primary N) is 1. The molecule has 0 saturated carbocycles. The van der Waals surface area contributed by atoms with Crippen molar-refractivity contribution in [3.8, 4) is 11.5 Å². The molecule has 0 radical (unpaired) electrons. The van der Waals surface area contributed by atoms with Gasteiger partial charge in [0.1, 0.15) is 18.3 Å². The number of rotatable bonds is 2. The zero-order chi connectivity index (χ0) is 18.9. The molecule has 3 rings (SSSR count). The van der Waals surface area contributed by atoms with Gasteiger partial charge in [0, 0.05) is 7.05 Å². The van der Waals surface area contributed by atoms with Crippen LogP contribution in [0.2, 0.25) is 0 Å². The molecule has 15 heteroatoms. The molecule has 0 bridgehead atoms. The van der Waals surface area contributed by atoms with Crippen molar-refractivity contribution in [1.82, 2.24) is 29.3 Å². The Balaban J connectivity index is 0.000000399. The van der Waals surface area contributed by atoms with E-state index in [0.29, 0.717) is 22.6 Å². The highest BCUT2D eigenvalue weighted by molar-refractivity contribution is 7.79. The summed E-state index contributed by atoms with van der Waals surface area (Å²) in [7, 11) is -1.42. The van der Waals surface area contributed by atoms with Crippen molar-refractivity contribution in [2.45, 2.75) is 0 Å². The van der Waals surface area contributed by atoms with E-state index in [-0.39, 0.29) is 11.6 Å². The van der Waals surface area contributed by atoms with Crippen LogP contribution in [0.4, 0.5) is 11.6 Å². The van der Waals surface area contributed by atoms with Crippen LogP contribution in [0, 0.1) is 10.1 Å². The largest absolute Gasteiger partial charge is 0.394 e. The molecule has 0 spiro atoms. The monoisotopic (exact) mass is 372 g/mol. The third kappa shape index (κ3) is 3.84. The third-order valence-corrected chi connectivity index (χ3v) is 3.01. The van der Waals surface area contributed by atoms with Crippen LogP contribution < -0.4 is 5.73 Å². The van der Waals surface area contributed by atoms with Gasteiger partial charge in [0.05, 0.1) is 12.4 Å². The van der Waals surface area contributed by atoms with Gasteiger partial charge in [-0.15, -0.1) is 0 Å². The topological polar surface area (TPSA) is 205 Å². The number of fused-ring (bicyclic) bond motifs is 1. The lowest BCUT2D eigenvalue weighted by atomic mass is 10.2. The van der Waals surface area contributed by atoms with Crippen molar-refractivity contribution < 1.29 is 22.4 Å². The van der Waals surface area contributed by atoms with Crippen molar-refractivity contribution >= 4 is 33.1 Å². The van der Waals surface area contributed by atoms with Gasteiger partial charge in [-0.05, 0) is 4.92 Å². The maximum atomic E-state index is 10.9. The summed E-state index contributed by atoms with van der Waals surface area (Å²) in [5.74, 6) is 0.460. The quantitative estimate of drug-likeness (QED) is 0.299. The van der Waals surface area contributed by atoms with Gasteiger partial charge in [-0.3, -0.25) is 9.11 Å². The molecular weight excluding hydrogens is 360 g/mol. The fourth-order valence-electron chi connectivity index (χ4n) is 2.06. The average Bonchev–Trinajstić information content (AvgIpc) is 2.99. The first-order valence-corrected chi connectivity index (χ1v) is 7.70. The van der Waals surface area contributed by atoms with Crippen LogP contribution in [-0.2, 0) is 24.5 Å². The summed E-state index contributed by atoms with van der Waals surface area (Å²) in [5.41, 5.74) is 6.80. The molecule has 0 aliphatic rings. The van der Waals surface area contributed by atoms with Gasteiger partial charge >= 0.3 is 16.2 Å². The third-order valence-electron chi connectivity index (χ3n) is 3.01. The molecule has 0 aromatic carbocycles. The Hall–Kier alpha value is -3.17. The van der Waals surface area contributed by atoms with Crippen molar-refractivity contribution in [2.24, 2.45) is 14.1 Å². The molecule has 3 heterocycles. The minimum atomic E-state index is -4.67. The van der Waals surface area contributed by atoms with E-state index >= 15 is 0 Å². The minimum Gasteiger partial charge on any atom is -0.383 e. The van der Waals surface area contributed by atoms with Gasteiger partial charge < -0.3 is 15.8 Å². The number of imidazole rings is 1. The normalized spacial score (nSPS) is 11.2. The number of aryl methyl sites for hydroxylation is 1. The highest BCUT2D eigenvalue weighted by atomic mass is 32.3. The zero-order valence-corrected chi connectivity index (χ0v) is 13.6. The number of hydrogen-bond acceptors (Lipinski definition) is 9. The van der Waals surface area contributed by atoms with E-state index in [2.05, 4.69) is 20.1 Å². The number of anilines is 1. The number of aromatic nitrogens is 6. The SMILES string of the molecule is Cn1c([N+](=O)[O-])cnc1-c1nn(C)c2ncnc(N)c12.O=S(=O)(O)O. The van der Waals surface area contributed by atoms with Crippen LogP contribution >= 0.6 is 0 Å². The highest BCUT2D eigenvalue weighted by Gasteiger charge is 2.24. The van der Waals surface area contributed by atoms with Crippen molar-refractivity contribution in [1.29, 1.82) is 0 Å². The van der Waals surface area contributed by atoms with Crippen molar-refractivity contribution in [3.63, 3.8) is 0 Å². The van der Waals surface area contributed by atoms with Crippen LogP contribution in [-0.4, -0.2) is 51.7 Å². The first kappa shape index (κ1) is 18.2. The van der Waals surface area contributed by atoms with E-state index in [9.17, 15) is 10.1 Å². The van der Waals surface area contributed by atoms with E-state index in [1.807, 2.05) is 0 Å². The molecule has 25 heavy (non-hydrogen) atoms. The maximum absolute atomic E-state index is 10.9. The molecule has 14 nitrogen and oxygen atoms in total. The molecule has 0 unspecified atom stereocenters. The number of nitrogen functional groups attached to an aromatic ring is 1. The number of nitrogens with zero attached hydrogens (tertiary/aromatic N) is 7. The lowest BCUT2D eigenvalue weighted by Gasteiger charge is -1.97. The van der Waals surface area contributed by atoms with E-state index in [1.165, 1.54) is 21.8 Å². The second-order valence-corrected chi connectivity index (χ2v) is 5.53. The Kier molecular flexibility index (Phi) is 4.64. The van der Waals surface area contributed by atoms with Crippen LogP contribution in [0.25, 0.3) is 22.6 Å². The number of hydrogen-bond donors (Lipinski definition) is 3. The molecule has 3 aromatic rings. The first-order chi connectivity index (χ1) is 11.5. The average molecular weight is 372 g/mol. The second kappa shape index (κ2) is 6.38. The van der Waals surface area contributed by atoms with Gasteiger partial charge in [-0.25, -0.2) is 24.2 Å². The molecule has 0 fully saturated rings. The summed E-state index contributed by atoms with van der Waals surface area (Å²) >= 11 is 0. The maximum Gasteiger partial charge on any atom is 0.394 e. The van der Waals surface area contributed by atoms with Gasteiger partial charge in [0.25, 0.3) is 0 Å². The molecular formula is C10H12N8O6S. The highest BCUT2D eigenvalue weighted by Crippen LogP contribution is 2.30. The first-order valence-electron chi connectivity index (χ1n) is 6.30. The van der Waals surface area contributed by atoms with Gasteiger partial charge in [0.2, 0.25) is 5.82 Å². The summed E-state index contributed by atoms with van der Waals surface area (Å²) < 4.78 is 34.5. The number of nitro groups is 1. The molecule has 3 aromatic heterocycles. The summed E-state index contributed by atoms with van der Waals surface area (Å²) in [6.07, 6.45) is 2.51. The summed E-state index contributed by atoms with van der Waals surface area (Å²) in [5, 5.41) is 15.7.